The number of nitrogens with zero attached hydrogens (tertiary/aromatic N) is 2. The molecule has 2 aliphatic heterocycles. The first-order valence-corrected chi connectivity index (χ1v) is 7.95. The maximum Gasteiger partial charge on any atom is 0.325 e. The number of carbonyl (C=O) groups is 3. The van der Waals surface area contributed by atoms with E-state index in [0.717, 1.165) is 12.0 Å². The first-order chi connectivity index (χ1) is 11.3. The molecule has 0 saturated carbocycles. The van der Waals surface area contributed by atoms with E-state index in [-0.39, 0.29) is 24.2 Å². The molecule has 0 bridgehead atoms. The van der Waals surface area contributed by atoms with Crippen LogP contribution in [0.2, 0.25) is 0 Å². The molecule has 0 aromatic heterocycles. The Labute approximate surface area is 139 Å². The zero-order valence-corrected chi connectivity index (χ0v) is 13.7. The average molecular weight is 333 g/mol. The van der Waals surface area contributed by atoms with E-state index >= 15 is 0 Å². The van der Waals surface area contributed by atoms with Gasteiger partial charge in [0.25, 0.3) is 5.91 Å². The molecule has 4 amide bonds. The molecule has 24 heavy (non-hydrogen) atoms. The molecule has 2 saturated heterocycles. The van der Waals surface area contributed by atoms with Gasteiger partial charge in [-0.15, -0.1) is 0 Å². The van der Waals surface area contributed by atoms with Crippen molar-refractivity contribution < 1.29 is 18.8 Å². The number of halogens is 1. The van der Waals surface area contributed by atoms with Crippen LogP contribution in [0.5, 0.6) is 0 Å². The average Bonchev–Trinajstić information content (AvgIpc) is 3.08. The zero-order valence-electron chi connectivity index (χ0n) is 13.7. The van der Waals surface area contributed by atoms with E-state index in [1.54, 1.807) is 30.9 Å². The van der Waals surface area contributed by atoms with Crippen LogP contribution in [-0.2, 0) is 9.59 Å². The molecule has 2 heterocycles. The fourth-order valence-corrected chi connectivity index (χ4v) is 3.19. The molecule has 1 atom stereocenters. The van der Waals surface area contributed by atoms with Crippen LogP contribution in [0.1, 0.15) is 31.7 Å². The van der Waals surface area contributed by atoms with Crippen LogP contribution in [-0.4, -0.2) is 52.8 Å². The molecule has 1 unspecified atom stereocenters. The predicted octanol–water partition coefficient (Wildman–Crippen LogP) is 1.47. The molecule has 0 radical (unpaired) electrons. The summed E-state index contributed by atoms with van der Waals surface area (Å²) in [5.74, 6) is -0.698. The number of urea groups is 1. The van der Waals surface area contributed by atoms with E-state index in [1.165, 1.54) is 17.0 Å². The highest BCUT2D eigenvalue weighted by Crippen LogP contribution is 2.28. The fourth-order valence-electron chi connectivity index (χ4n) is 3.19. The summed E-state index contributed by atoms with van der Waals surface area (Å²) in [5, 5.41) is 2.23. The van der Waals surface area contributed by atoms with Gasteiger partial charge in [-0.3, -0.25) is 14.9 Å². The van der Waals surface area contributed by atoms with E-state index in [1.807, 2.05) is 0 Å². The molecule has 1 N–H and O–H groups in total. The van der Waals surface area contributed by atoms with Gasteiger partial charge in [0.1, 0.15) is 17.9 Å². The second-order valence-corrected chi connectivity index (χ2v) is 6.78. The minimum Gasteiger partial charge on any atom is -0.341 e. The molecular formula is C17H20FN3O3. The molecule has 1 aromatic rings. The number of nitrogens with one attached hydrogen (secondary N) is 1. The van der Waals surface area contributed by atoms with Crippen molar-refractivity contribution in [2.75, 3.05) is 19.6 Å². The van der Waals surface area contributed by atoms with Gasteiger partial charge in [0.2, 0.25) is 5.91 Å². The summed E-state index contributed by atoms with van der Waals surface area (Å²) in [5.41, 5.74) is -0.0239. The lowest BCUT2D eigenvalue weighted by Crippen LogP contribution is -2.49. The smallest absolute Gasteiger partial charge is 0.325 e. The third kappa shape index (κ3) is 2.86. The summed E-state index contributed by atoms with van der Waals surface area (Å²) in [6, 6.07) is 5.78. The predicted molar refractivity (Wildman–Crippen MR) is 84.7 cm³/mol. The fraction of sp³-hybridized carbons (Fsp3) is 0.471. The highest BCUT2D eigenvalue weighted by molar-refractivity contribution is 6.07. The first-order valence-electron chi connectivity index (χ1n) is 7.95. The van der Waals surface area contributed by atoms with E-state index in [0.29, 0.717) is 13.1 Å². The quantitative estimate of drug-likeness (QED) is 0.852. The van der Waals surface area contributed by atoms with Crippen LogP contribution in [0.4, 0.5) is 9.18 Å². The molecule has 0 aliphatic carbocycles. The molecule has 0 spiro atoms. The van der Waals surface area contributed by atoms with Gasteiger partial charge in [-0.25, -0.2) is 9.18 Å². The Kier molecular flexibility index (Phi) is 4.03. The number of likely N-dealkylation sites (tertiary alicyclic amines) is 1. The molecule has 6 nitrogen and oxygen atoms in total. The SMILES string of the molecule is CC1(C)C(=O)NC(=O)N1CC(=O)N1CCC(c2ccc(F)cc2)C1. The topological polar surface area (TPSA) is 69.7 Å². The number of carbonyl (C=O) groups excluding carboxylic acids is 3. The highest BCUT2D eigenvalue weighted by Gasteiger charge is 2.46. The molecule has 128 valence electrons. The van der Waals surface area contributed by atoms with Gasteiger partial charge in [-0.2, -0.15) is 0 Å². The van der Waals surface area contributed by atoms with Crippen molar-refractivity contribution in [3.8, 4) is 0 Å². The summed E-state index contributed by atoms with van der Waals surface area (Å²) < 4.78 is 13.0. The lowest BCUT2D eigenvalue weighted by atomic mass is 9.99. The van der Waals surface area contributed by atoms with Gasteiger partial charge in [0.05, 0.1) is 0 Å². The third-order valence-corrected chi connectivity index (χ3v) is 4.87. The van der Waals surface area contributed by atoms with Crippen LogP contribution in [0.3, 0.4) is 0 Å². The van der Waals surface area contributed by atoms with Crippen molar-refractivity contribution in [3.63, 3.8) is 0 Å². The van der Waals surface area contributed by atoms with Gasteiger partial charge >= 0.3 is 6.03 Å². The van der Waals surface area contributed by atoms with Crippen molar-refractivity contribution >= 4 is 17.8 Å². The van der Waals surface area contributed by atoms with Crippen LogP contribution in [0.25, 0.3) is 0 Å². The van der Waals surface area contributed by atoms with Crippen molar-refractivity contribution in [2.45, 2.75) is 31.7 Å². The monoisotopic (exact) mass is 333 g/mol. The second-order valence-electron chi connectivity index (χ2n) is 6.78. The maximum atomic E-state index is 13.0. The summed E-state index contributed by atoms with van der Waals surface area (Å²) in [6.07, 6.45) is 0.798. The number of amides is 4. The summed E-state index contributed by atoms with van der Waals surface area (Å²) in [4.78, 5) is 39.1. The third-order valence-electron chi connectivity index (χ3n) is 4.87. The summed E-state index contributed by atoms with van der Waals surface area (Å²) in [6.45, 7) is 4.23. The van der Waals surface area contributed by atoms with Crippen molar-refractivity contribution in [1.29, 1.82) is 0 Å². The minimum absolute atomic E-state index is 0.124. The number of benzene rings is 1. The van der Waals surface area contributed by atoms with Crippen LogP contribution >= 0.6 is 0 Å². The minimum atomic E-state index is -1.02. The largest absolute Gasteiger partial charge is 0.341 e. The van der Waals surface area contributed by atoms with E-state index in [9.17, 15) is 18.8 Å². The van der Waals surface area contributed by atoms with Gasteiger partial charge in [0.15, 0.2) is 0 Å². The zero-order chi connectivity index (χ0) is 17.5. The Morgan fingerprint density at radius 3 is 2.54 bits per heavy atom. The number of hydrogen-bond acceptors (Lipinski definition) is 3. The van der Waals surface area contributed by atoms with Gasteiger partial charge in [-0.05, 0) is 38.0 Å². The van der Waals surface area contributed by atoms with Crippen molar-refractivity contribution in [3.05, 3.63) is 35.6 Å². The standard InChI is InChI=1S/C17H20FN3O3/c1-17(2)15(23)19-16(24)21(17)10-14(22)20-8-7-12(9-20)11-3-5-13(18)6-4-11/h3-6,12H,7-10H2,1-2H3,(H,19,23,24). The second kappa shape index (κ2) is 5.89. The molecular weight excluding hydrogens is 313 g/mol. The number of rotatable bonds is 3. The molecule has 1 aromatic carbocycles. The van der Waals surface area contributed by atoms with Crippen LogP contribution in [0.15, 0.2) is 24.3 Å². The highest BCUT2D eigenvalue weighted by atomic mass is 19.1. The van der Waals surface area contributed by atoms with Gasteiger partial charge < -0.3 is 9.80 Å². The lowest BCUT2D eigenvalue weighted by Gasteiger charge is -2.29. The number of imide groups is 1. The Bertz CT molecular complexity index is 687. The number of hydrogen-bond donors (Lipinski definition) is 1. The molecule has 3 rings (SSSR count). The Morgan fingerprint density at radius 1 is 1.29 bits per heavy atom. The van der Waals surface area contributed by atoms with Crippen molar-refractivity contribution in [1.82, 2.24) is 15.1 Å². The molecule has 2 aliphatic rings. The maximum absolute atomic E-state index is 13.0. The Balaban J connectivity index is 1.64. The Morgan fingerprint density at radius 2 is 1.96 bits per heavy atom. The Hall–Kier alpha value is -2.44. The molecule has 2 fully saturated rings. The summed E-state index contributed by atoms with van der Waals surface area (Å²) in [7, 11) is 0. The van der Waals surface area contributed by atoms with E-state index < -0.39 is 17.5 Å². The van der Waals surface area contributed by atoms with Crippen LogP contribution < -0.4 is 5.32 Å². The van der Waals surface area contributed by atoms with Gasteiger partial charge in [-0.1, -0.05) is 12.1 Å². The lowest BCUT2D eigenvalue weighted by molar-refractivity contribution is -0.132. The van der Waals surface area contributed by atoms with Crippen molar-refractivity contribution in [2.24, 2.45) is 0 Å². The van der Waals surface area contributed by atoms with E-state index in [4.69, 9.17) is 0 Å². The van der Waals surface area contributed by atoms with Gasteiger partial charge in [0, 0.05) is 19.0 Å². The molecule has 7 heteroatoms. The summed E-state index contributed by atoms with van der Waals surface area (Å²) >= 11 is 0. The normalized spacial score (nSPS) is 22.9. The van der Waals surface area contributed by atoms with E-state index in [2.05, 4.69) is 5.32 Å². The van der Waals surface area contributed by atoms with Crippen LogP contribution in [0, 0.1) is 5.82 Å². The first kappa shape index (κ1) is 16.4.